The predicted octanol–water partition coefficient (Wildman–Crippen LogP) is 3.22. The Hall–Kier alpha value is -1.87. The van der Waals surface area contributed by atoms with E-state index in [9.17, 15) is 5.11 Å². The van der Waals surface area contributed by atoms with Gasteiger partial charge in [0, 0.05) is 11.7 Å². The first-order chi connectivity index (χ1) is 9.16. The number of hydrogen-bond acceptors (Lipinski definition) is 3. The van der Waals surface area contributed by atoms with Crippen LogP contribution in [0.15, 0.2) is 42.6 Å². The molecule has 1 N–H and O–H groups in total. The second kappa shape index (κ2) is 4.67. The van der Waals surface area contributed by atoms with Crippen molar-refractivity contribution in [2.45, 2.75) is 32.4 Å². The van der Waals surface area contributed by atoms with Crippen molar-refractivity contribution in [3.05, 3.63) is 53.9 Å². The van der Waals surface area contributed by atoms with Gasteiger partial charge in [-0.1, -0.05) is 18.2 Å². The Morgan fingerprint density at radius 1 is 1.26 bits per heavy atom. The lowest BCUT2D eigenvalue weighted by atomic mass is 10.1. The molecule has 1 aliphatic heterocycles. The molecule has 3 heteroatoms. The summed E-state index contributed by atoms with van der Waals surface area (Å²) in [5, 5.41) is 9.51. The summed E-state index contributed by atoms with van der Waals surface area (Å²) in [5.41, 5.74) is 4.45. The van der Waals surface area contributed by atoms with E-state index in [1.165, 1.54) is 11.3 Å². The Balaban J connectivity index is 1.98. The van der Waals surface area contributed by atoms with Crippen LogP contribution in [0.3, 0.4) is 0 Å². The van der Waals surface area contributed by atoms with Gasteiger partial charge in [-0.2, -0.15) is 0 Å². The molecule has 0 bridgehead atoms. The van der Waals surface area contributed by atoms with Crippen LogP contribution in [-0.4, -0.2) is 16.1 Å². The molecule has 2 heterocycles. The lowest BCUT2D eigenvalue weighted by molar-refractivity contribution is 0.194. The standard InChI is InChI=1S/C16H18N2O/c1-11-9-13-5-3-4-6-16(13)18(11)14-7-8-15(12(2)19)17-10-14/h3-8,10-12,19H,9H2,1-2H3/t11?,12-/m0/s1. The summed E-state index contributed by atoms with van der Waals surface area (Å²) < 4.78 is 0. The second-order valence-electron chi connectivity index (χ2n) is 5.17. The quantitative estimate of drug-likeness (QED) is 0.894. The molecule has 0 fully saturated rings. The highest BCUT2D eigenvalue weighted by molar-refractivity contribution is 5.70. The number of para-hydroxylation sites is 1. The number of aliphatic hydroxyl groups is 1. The first-order valence-electron chi connectivity index (χ1n) is 6.68. The van der Waals surface area contributed by atoms with Crippen LogP contribution in [-0.2, 0) is 6.42 Å². The molecule has 1 aromatic heterocycles. The van der Waals surface area contributed by atoms with Crippen molar-refractivity contribution < 1.29 is 5.11 Å². The molecule has 0 saturated heterocycles. The Bertz CT molecular complexity index is 578. The van der Waals surface area contributed by atoms with Crippen LogP contribution in [0, 0.1) is 0 Å². The van der Waals surface area contributed by atoms with Gasteiger partial charge in [-0.15, -0.1) is 0 Å². The SMILES string of the molecule is CC1Cc2ccccc2N1c1ccc([C@H](C)O)nc1. The normalized spacial score (nSPS) is 19.3. The van der Waals surface area contributed by atoms with Crippen molar-refractivity contribution in [2.24, 2.45) is 0 Å². The number of fused-ring (bicyclic) bond motifs is 1. The number of aliphatic hydroxyl groups excluding tert-OH is 1. The Morgan fingerprint density at radius 3 is 2.74 bits per heavy atom. The molecule has 2 aromatic rings. The molecule has 0 spiro atoms. The minimum absolute atomic E-state index is 0.441. The molecular formula is C16H18N2O. The lowest BCUT2D eigenvalue weighted by Crippen LogP contribution is -2.24. The molecule has 3 nitrogen and oxygen atoms in total. The lowest BCUT2D eigenvalue weighted by Gasteiger charge is -2.25. The molecule has 19 heavy (non-hydrogen) atoms. The highest BCUT2D eigenvalue weighted by Crippen LogP contribution is 2.37. The van der Waals surface area contributed by atoms with Crippen LogP contribution in [0.2, 0.25) is 0 Å². The zero-order valence-corrected chi connectivity index (χ0v) is 11.2. The third-order valence-corrected chi connectivity index (χ3v) is 3.68. The summed E-state index contributed by atoms with van der Waals surface area (Å²) in [6.45, 7) is 3.96. The summed E-state index contributed by atoms with van der Waals surface area (Å²) >= 11 is 0. The summed E-state index contributed by atoms with van der Waals surface area (Å²) in [5.74, 6) is 0. The number of aromatic nitrogens is 1. The molecule has 0 aliphatic carbocycles. The topological polar surface area (TPSA) is 36.4 Å². The van der Waals surface area contributed by atoms with Gasteiger partial charge in [0.25, 0.3) is 0 Å². The van der Waals surface area contributed by atoms with Crippen LogP contribution in [0.4, 0.5) is 11.4 Å². The van der Waals surface area contributed by atoms with Crippen molar-refractivity contribution >= 4 is 11.4 Å². The molecule has 1 unspecified atom stereocenters. The summed E-state index contributed by atoms with van der Waals surface area (Å²) in [4.78, 5) is 6.65. The van der Waals surface area contributed by atoms with E-state index in [1.807, 2.05) is 18.3 Å². The third kappa shape index (κ3) is 2.10. The van der Waals surface area contributed by atoms with Gasteiger partial charge in [-0.3, -0.25) is 4.98 Å². The van der Waals surface area contributed by atoms with E-state index in [-0.39, 0.29) is 0 Å². The monoisotopic (exact) mass is 254 g/mol. The van der Waals surface area contributed by atoms with Gasteiger partial charge in [0.05, 0.1) is 23.7 Å². The average molecular weight is 254 g/mol. The fourth-order valence-electron chi connectivity index (χ4n) is 2.75. The van der Waals surface area contributed by atoms with Gasteiger partial charge in [-0.25, -0.2) is 0 Å². The van der Waals surface area contributed by atoms with Crippen molar-refractivity contribution in [3.8, 4) is 0 Å². The number of pyridine rings is 1. The summed E-state index contributed by atoms with van der Waals surface area (Å²) in [7, 11) is 0. The summed E-state index contributed by atoms with van der Waals surface area (Å²) in [6, 6.07) is 12.9. The molecular weight excluding hydrogens is 236 g/mol. The van der Waals surface area contributed by atoms with Crippen LogP contribution in [0.5, 0.6) is 0 Å². The van der Waals surface area contributed by atoms with Crippen molar-refractivity contribution in [1.29, 1.82) is 0 Å². The predicted molar refractivity (Wildman–Crippen MR) is 76.6 cm³/mol. The number of anilines is 2. The second-order valence-corrected chi connectivity index (χ2v) is 5.17. The maximum absolute atomic E-state index is 9.51. The molecule has 2 atom stereocenters. The Morgan fingerprint density at radius 2 is 2.05 bits per heavy atom. The first-order valence-corrected chi connectivity index (χ1v) is 6.68. The minimum atomic E-state index is -0.516. The zero-order valence-electron chi connectivity index (χ0n) is 11.2. The van der Waals surface area contributed by atoms with Crippen LogP contribution in [0.25, 0.3) is 0 Å². The smallest absolute Gasteiger partial charge is 0.0931 e. The van der Waals surface area contributed by atoms with Gasteiger partial charge in [0.15, 0.2) is 0 Å². The molecule has 1 aliphatic rings. The minimum Gasteiger partial charge on any atom is -0.387 e. The van der Waals surface area contributed by atoms with Crippen LogP contribution in [0.1, 0.15) is 31.2 Å². The molecule has 1 aromatic carbocycles. The van der Waals surface area contributed by atoms with Gasteiger partial charge in [-0.05, 0) is 44.0 Å². The van der Waals surface area contributed by atoms with E-state index in [1.54, 1.807) is 6.92 Å². The van der Waals surface area contributed by atoms with E-state index in [4.69, 9.17) is 0 Å². The van der Waals surface area contributed by atoms with E-state index >= 15 is 0 Å². The molecule has 0 saturated carbocycles. The largest absolute Gasteiger partial charge is 0.387 e. The Kier molecular flexibility index (Phi) is 2.99. The molecule has 0 radical (unpaired) electrons. The van der Waals surface area contributed by atoms with E-state index in [0.717, 1.165) is 12.1 Å². The van der Waals surface area contributed by atoms with Crippen molar-refractivity contribution in [3.63, 3.8) is 0 Å². The number of hydrogen-bond donors (Lipinski definition) is 1. The molecule has 0 amide bonds. The van der Waals surface area contributed by atoms with Gasteiger partial charge < -0.3 is 10.0 Å². The summed E-state index contributed by atoms with van der Waals surface area (Å²) in [6.07, 6.45) is 2.40. The van der Waals surface area contributed by atoms with Crippen molar-refractivity contribution in [2.75, 3.05) is 4.90 Å². The van der Waals surface area contributed by atoms with E-state index in [2.05, 4.69) is 41.1 Å². The van der Waals surface area contributed by atoms with Gasteiger partial charge >= 0.3 is 0 Å². The number of nitrogens with zero attached hydrogens (tertiary/aromatic N) is 2. The zero-order chi connectivity index (χ0) is 13.4. The van der Waals surface area contributed by atoms with Crippen LogP contribution >= 0.6 is 0 Å². The first kappa shape index (κ1) is 12.2. The maximum atomic E-state index is 9.51. The Labute approximate surface area is 113 Å². The molecule has 3 rings (SSSR count). The van der Waals surface area contributed by atoms with Gasteiger partial charge in [0.1, 0.15) is 0 Å². The van der Waals surface area contributed by atoms with Crippen LogP contribution < -0.4 is 4.90 Å². The number of benzene rings is 1. The third-order valence-electron chi connectivity index (χ3n) is 3.68. The fourth-order valence-corrected chi connectivity index (χ4v) is 2.75. The van der Waals surface area contributed by atoms with Gasteiger partial charge in [0.2, 0.25) is 0 Å². The highest BCUT2D eigenvalue weighted by Gasteiger charge is 2.26. The van der Waals surface area contributed by atoms with Crippen molar-refractivity contribution in [1.82, 2.24) is 4.98 Å². The average Bonchev–Trinajstić information content (AvgIpc) is 2.74. The fraction of sp³-hybridized carbons (Fsp3) is 0.312. The number of rotatable bonds is 2. The highest BCUT2D eigenvalue weighted by atomic mass is 16.3. The van der Waals surface area contributed by atoms with E-state index in [0.29, 0.717) is 11.7 Å². The van der Waals surface area contributed by atoms with E-state index < -0.39 is 6.10 Å². The maximum Gasteiger partial charge on any atom is 0.0931 e. The molecule has 98 valence electrons.